The molecule has 1 aliphatic rings. The van der Waals surface area contributed by atoms with Crippen molar-refractivity contribution in [1.82, 2.24) is 0 Å². The van der Waals surface area contributed by atoms with Gasteiger partial charge in [-0.05, 0) is 55.2 Å². The van der Waals surface area contributed by atoms with Crippen LogP contribution in [0.2, 0.25) is 0 Å². The minimum Gasteiger partial charge on any atom is -0.382 e. The van der Waals surface area contributed by atoms with Gasteiger partial charge >= 0.3 is 0 Å². The van der Waals surface area contributed by atoms with E-state index in [-0.39, 0.29) is 5.41 Å². The van der Waals surface area contributed by atoms with E-state index in [1.54, 1.807) is 0 Å². The molecule has 2 rings (SSSR count). The molecule has 0 unspecified atom stereocenters. The molecule has 106 valence electrons. The topological polar surface area (TPSA) is 38.0 Å². The maximum atomic E-state index is 5.96. The lowest BCUT2D eigenvalue weighted by atomic mass is 9.86. The number of anilines is 1. The van der Waals surface area contributed by atoms with Gasteiger partial charge in [-0.25, -0.2) is 0 Å². The van der Waals surface area contributed by atoms with Crippen LogP contribution < -0.4 is 11.1 Å². The smallest absolute Gasteiger partial charge is 0.0372 e. The van der Waals surface area contributed by atoms with Gasteiger partial charge < -0.3 is 11.1 Å². The van der Waals surface area contributed by atoms with Gasteiger partial charge in [0.1, 0.15) is 0 Å². The van der Waals surface area contributed by atoms with E-state index in [1.165, 1.54) is 29.7 Å². The highest BCUT2D eigenvalue weighted by Gasteiger charge is 2.19. The molecule has 19 heavy (non-hydrogen) atoms. The molecule has 0 bridgehead atoms. The number of nitrogens with two attached hydrogens (primary N) is 1. The third-order valence-corrected chi connectivity index (χ3v) is 4.22. The number of hydrogen-bond acceptors (Lipinski definition) is 2. The lowest BCUT2D eigenvalue weighted by Gasteiger charge is -2.29. The van der Waals surface area contributed by atoms with E-state index in [0.29, 0.717) is 12.1 Å². The van der Waals surface area contributed by atoms with E-state index < -0.39 is 0 Å². The fourth-order valence-electron chi connectivity index (χ4n) is 2.78. The molecule has 0 aliphatic heterocycles. The van der Waals surface area contributed by atoms with E-state index in [2.05, 4.69) is 51.2 Å². The van der Waals surface area contributed by atoms with Gasteiger partial charge in [0.05, 0.1) is 0 Å². The van der Waals surface area contributed by atoms with E-state index in [9.17, 15) is 0 Å². The molecule has 0 radical (unpaired) electrons. The van der Waals surface area contributed by atoms with E-state index in [1.807, 2.05) is 0 Å². The van der Waals surface area contributed by atoms with Crippen molar-refractivity contribution in [1.29, 1.82) is 0 Å². The highest BCUT2D eigenvalue weighted by Crippen LogP contribution is 2.28. The Labute approximate surface area is 117 Å². The minimum atomic E-state index is 0.223. The summed E-state index contributed by atoms with van der Waals surface area (Å²) in [5.74, 6) is 0. The molecule has 1 aliphatic carbocycles. The van der Waals surface area contributed by atoms with E-state index in [4.69, 9.17) is 5.73 Å². The maximum absolute atomic E-state index is 5.96. The van der Waals surface area contributed by atoms with Crippen LogP contribution in [-0.2, 0) is 5.41 Å². The lowest BCUT2D eigenvalue weighted by molar-refractivity contribution is 0.411. The number of hydrogen-bond donors (Lipinski definition) is 2. The summed E-state index contributed by atoms with van der Waals surface area (Å²) >= 11 is 0. The first-order valence-electron chi connectivity index (χ1n) is 7.49. The highest BCUT2D eigenvalue weighted by atomic mass is 14.9. The predicted octanol–water partition coefficient (Wildman–Crippen LogP) is 3.97. The van der Waals surface area contributed by atoms with Crippen LogP contribution in [0.5, 0.6) is 0 Å². The van der Waals surface area contributed by atoms with Gasteiger partial charge in [-0.2, -0.15) is 0 Å². The van der Waals surface area contributed by atoms with Crippen molar-refractivity contribution < 1.29 is 0 Å². The highest BCUT2D eigenvalue weighted by molar-refractivity contribution is 5.53. The summed E-state index contributed by atoms with van der Waals surface area (Å²) in [5, 5.41) is 3.69. The van der Waals surface area contributed by atoms with Crippen molar-refractivity contribution >= 4 is 5.69 Å². The number of aryl methyl sites for hydroxylation is 1. The Kier molecular flexibility index (Phi) is 4.19. The number of nitrogens with one attached hydrogen (secondary N) is 1. The standard InChI is InChI=1S/C17H28N2/c1-12-11-13(17(2,3)4)5-10-16(12)19-15-8-6-14(18)7-9-15/h5,10-11,14-15,19H,6-9,18H2,1-4H3. The van der Waals surface area contributed by atoms with Crippen molar-refractivity contribution in [3.63, 3.8) is 0 Å². The zero-order valence-corrected chi connectivity index (χ0v) is 12.8. The van der Waals surface area contributed by atoms with E-state index in [0.717, 1.165) is 12.8 Å². The monoisotopic (exact) mass is 260 g/mol. The molecule has 0 saturated heterocycles. The molecule has 1 fully saturated rings. The number of rotatable bonds is 2. The zero-order chi connectivity index (χ0) is 14.0. The van der Waals surface area contributed by atoms with E-state index >= 15 is 0 Å². The average molecular weight is 260 g/mol. The third kappa shape index (κ3) is 3.73. The summed E-state index contributed by atoms with van der Waals surface area (Å²) in [4.78, 5) is 0. The molecular weight excluding hydrogens is 232 g/mol. The molecule has 2 nitrogen and oxygen atoms in total. The normalized spacial score (nSPS) is 24.3. The Balaban J connectivity index is 2.05. The van der Waals surface area contributed by atoms with Crippen LogP contribution in [0.4, 0.5) is 5.69 Å². The van der Waals surface area contributed by atoms with Gasteiger partial charge in [0.15, 0.2) is 0 Å². The Hall–Kier alpha value is -1.02. The first-order valence-corrected chi connectivity index (χ1v) is 7.49. The van der Waals surface area contributed by atoms with Gasteiger partial charge in [0.25, 0.3) is 0 Å². The van der Waals surface area contributed by atoms with Gasteiger partial charge in [0.2, 0.25) is 0 Å². The van der Waals surface area contributed by atoms with Crippen molar-refractivity contribution in [3.8, 4) is 0 Å². The summed E-state index contributed by atoms with van der Waals surface area (Å²) in [7, 11) is 0. The van der Waals surface area contributed by atoms with Gasteiger partial charge in [-0.1, -0.05) is 32.9 Å². The van der Waals surface area contributed by atoms with Gasteiger partial charge in [-0.3, -0.25) is 0 Å². The third-order valence-electron chi connectivity index (χ3n) is 4.22. The van der Waals surface area contributed by atoms with Crippen LogP contribution >= 0.6 is 0 Å². The van der Waals surface area contributed by atoms with Crippen molar-refractivity contribution in [2.75, 3.05) is 5.32 Å². The van der Waals surface area contributed by atoms with Crippen molar-refractivity contribution in [2.24, 2.45) is 5.73 Å². The second-order valence-corrected chi connectivity index (χ2v) is 7.04. The van der Waals surface area contributed by atoms with Crippen molar-refractivity contribution in [2.45, 2.75) is 70.9 Å². The quantitative estimate of drug-likeness (QED) is 0.844. The van der Waals surface area contributed by atoms with Crippen LogP contribution in [0.1, 0.15) is 57.6 Å². The fraction of sp³-hybridized carbons (Fsp3) is 0.647. The van der Waals surface area contributed by atoms with Crippen LogP contribution in [0, 0.1) is 6.92 Å². The summed E-state index contributed by atoms with van der Waals surface area (Å²) in [5.41, 5.74) is 10.2. The molecule has 0 heterocycles. The zero-order valence-electron chi connectivity index (χ0n) is 12.8. The maximum Gasteiger partial charge on any atom is 0.0372 e. The largest absolute Gasteiger partial charge is 0.382 e. The lowest BCUT2D eigenvalue weighted by Crippen LogP contribution is -2.33. The van der Waals surface area contributed by atoms with Gasteiger partial charge in [-0.15, -0.1) is 0 Å². The first kappa shape index (κ1) is 14.4. The molecule has 1 aromatic rings. The summed E-state index contributed by atoms with van der Waals surface area (Å²) in [6, 6.07) is 7.83. The van der Waals surface area contributed by atoms with Gasteiger partial charge in [0, 0.05) is 17.8 Å². The molecule has 2 heteroatoms. The first-order chi connectivity index (χ1) is 8.86. The molecule has 0 amide bonds. The Morgan fingerprint density at radius 3 is 2.26 bits per heavy atom. The summed E-state index contributed by atoms with van der Waals surface area (Å²) in [6.45, 7) is 8.98. The second kappa shape index (κ2) is 5.54. The van der Waals surface area contributed by atoms with Crippen LogP contribution in [0.3, 0.4) is 0 Å². The minimum absolute atomic E-state index is 0.223. The molecular formula is C17H28N2. The Bertz CT molecular complexity index is 423. The van der Waals surface area contributed by atoms with Crippen LogP contribution in [0.15, 0.2) is 18.2 Å². The van der Waals surface area contributed by atoms with Crippen LogP contribution in [0.25, 0.3) is 0 Å². The molecule has 1 saturated carbocycles. The summed E-state index contributed by atoms with van der Waals surface area (Å²) < 4.78 is 0. The summed E-state index contributed by atoms with van der Waals surface area (Å²) in [6.07, 6.45) is 4.69. The average Bonchev–Trinajstić information content (AvgIpc) is 2.33. The SMILES string of the molecule is Cc1cc(C(C)(C)C)ccc1NC1CCC(N)CC1. The fourth-order valence-corrected chi connectivity index (χ4v) is 2.78. The molecule has 3 N–H and O–H groups in total. The van der Waals surface area contributed by atoms with Crippen molar-refractivity contribution in [3.05, 3.63) is 29.3 Å². The Morgan fingerprint density at radius 2 is 1.74 bits per heavy atom. The molecule has 0 atom stereocenters. The molecule has 0 aromatic heterocycles. The molecule has 0 spiro atoms. The second-order valence-electron chi connectivity index (χ2n) is 7.04. The Morgan fingerprint density at radius 1 is 1.11 bits per heavy atom. The number of benzene rings is 1. The predicted molar refractivity (Wildman–Crippen MR) is 83.7 cm³/mol. The van der Waals surface area contributed by atoms with Crippen LogP contribution in [-0.4, -0.2) is 12.1 Å². The molecule has 1 aromatic carbocycles.